The Morgan fingerprint density at radius 1 is 1.37 bits per heavy atom. The van der Waals surface area contributed by atoms with Crippen LogP contribution in [0.5, 0.6) is 0 Å². The number of rotatable bonds is 3. The first-order valence-corrected chi connectivity index (χ1v) is 6.81. The zero-order chi connectivity index (χ0) is 14.0. The minimum Gasteiger partial charge on any atom is -0.453 e. The van der Waals surface area contributed by atoms with Gasteiger partial charge < -0.3 is 20.3 Å². The van der Waals surface area contributed by atoms with E-state index in [1.54, 1.807) is 0 Å². The third-order valence-corrected chi connectivity index (χ3v) is 4.14. The average Bonchev–Trinajstić information content (AvgIpc) is 2.79. The van der Waals surface area contributed by atoms with Gasteiger partial charge in [0.15, 0.2) is 0 Å². The predicted molar refractivity (Wildman–Crippen MR) is 70.7 cm³/mol. The number of nitrogens with zero attached hydrogens (tertiary/aromatic N) is 1. The van der Waals surface area contributed by atoms with Crippen molar-refractivity contribution in [2.45, 2.75) is 26.3 Å². The molecule has 0 aliphatic carbocycles. The number of likely N-dealkylation sites (tertiary alicyclic amines) is 1. The summed E-state index contributed by atoms with van der Waals surface area (Å²) in [5.41, 5.74) is 0.280. The molecule has 0 aromatic carbocycles. The normalized spacial score (nSPS) is 22.2. The lowest BCUT2D eigenvalue weighted by atomic mass is 9.81. The molecule has 0 aromatic rings. The van der Waals surface area contributed by atoms with Gasteiger partial charge in [-0.2, -0.15) is 0 Å². The molecule has 2 amide bonds. The number of amides is 2. The smallest absolute Gasteiger partial charge is 0.407 e. The van der Waals surface area contributed by atoms with Gasteiger partial charge in [-0.25, -0.2) is 4.79 Å². The molecule has 2 heterocycles. The first-order valence-electron chi connectivity index (χ1n) is 6.81. The first kappa shape index (κ1) is 14.1. The summed E-state index contributed by atoms with van der Waals surface area (Å²) in [5.74, 6) is 0.0480. The van der Waals surface area contributed by atoms with E-state index in [2.05, 4.69) is 15.4 Å². The summed E-state index contributed by atoms with van der Waals surface area (Å²) < 4.78 is 4.59. The molecule has 2 fully saturated rings. The van der Waals surface area contributed by atoms with Crippen molar-refractivity contribution in [1.82, 2.24) is 15.5 Å². The Morgan fingerprint density at radius 2 is 2.05 bits per heavy atom. The summed E-state index contributed by atoms with van der Waals surface area (Å²) in [5, 5.41) is 5.91. The molecule has 0 bridgehead atoms. The lowest BCUT2D eigenvalue weighted by Gasteiger charge is -2.39. The second-order valence-electron chi connectivity index (χ2n) is 5.97. The number of methoxy groups -OCH3 is 1. The fourth-order valence-corrected chi connectivity index (χ4v) is 2.79. The third-order valence-electron chi connectivity index (χ3n) is 4.14. The second kappa shape index (κ2) is 5.36. The lowest BCUT2D eigenvalue weighted by molar-refractivity contribution is -0.133. The fourth-order valence-electron chi connectivity index (χ4n) is 2.79. The molecule has 2 rings (SSSR count). The van der Waals surface area contributed by atoms with Gasteiger partial charge in [0.05, 0.1) is 7.11 Å². The molecule has 1 spiro atoms. The minimum absolute atomic E-state index is 0.00387. The van der Waals surface area contributed by atoms with Crippen LogP contribution >= 0.6 is 0 Å². The summed E-state index contributed by atoms with van der Waals surface area (Å²) in [6, 6.07) is -0.504. The second-order valence-corrected chi connectivity index (χ2v) is 5.97. The van der Waals surface area contributed by atoms with Crippen molar-refractivity contribution in [1.29, 1.82) is 0 Å². The van der Waals surface area contributed by atoms with Crippen LogP contribution in [-0.4, -0.2) is 56.2 Å². The van der Waals surface area contributed by atoms with E-state index in [0.717, 1.165) is 32.6 Å². The quantitative estimate of drug-likeness (QED) is 0.767. The molecule has 6 nitrogen and oxygen atoms in total. The van der Waals surface area contributed by atoms with Crippen molar-refractivity contribution in [2.75, 3.05) is 33.3 Å². The highest BCUT2D eigenvalue weighted by Crippen LogP contribution is 2.34. The molecule has 19 heavy (non-hydrogen) atoms. The van der Waals surface area contributed by atoms with Crippen molar-refractivity contribution in [3.8, 4) is 0 Å². The van der Waals surface area contributed by atoms with Crippen LogP contribution in [0.1, 0.15) is 20.3 Å². The molecule has 2 aliphatic heterocycles. The third kappa shape index (κ3) is 2.83. The first-order chi connectivity index (χ1) is 8.97. The Labute approximate surface area is 113 Å². The van der Waals surface area contributed by atoms with Crippen LogP contribution in [0.15, 0.2) is 0 Å². The van der Waals surface area contributed by atoms with Crippen molar-refractivity contribution in [2.24, 2.45) is 11.3 Å². The van der Waals surface area contributed by atoms with Gasteiger partial charge >= 0.3 is 6.09 Å². The molecular weight excluding hydrogens is 246 g/mol. The molecule has 1 atom stereocenters. The van der Waals surface area contributed by atoms with Crippen molar-refractivity contribution in [3.63, 3.8) is 0 Å². The topological polar surface area (TPSA) is 70.7 Å². The van der Waals surface area contributed by atoms with Gasteiger partial charge in [-0.15, -0.1) is 0 Å². The van der Waals surface area contributed by atoms with Gasteiger partial charge in [0, 0.05) is 31.6 Å². The van der Waals surface area contributed by atoms with E-state index in [9.17, 15) is 9.59 Å². The number of carbonyl (C=O) groups excluding carboxylic acids is 2. The van der Waals surface area contributed by atoms with Gasteiger partial charge in [0.25, 0.3) is 0 Å². The summed E-state index contributed by atoms with van der Waals surface area (Å²) in [6.07, 6.45) is 0.501. The standard InChI is InChI=1S/C13H23N3O3/c1-9(2)10(15-12(18)19-3)11(17)16-5-4-13(8-16)6-14-7-13/h9-10,14H,4-8H2,1-3H3,(H,15,18)/t10-/m0/s1. The highest BCUT2D eigenvalue weighted by Gasteiger charge is 2.45. The molecule has 2 saturated heterocycles. The van der Waals surface area contributed by atoms with Gasteiger partial charge in [-0.3, -0.25) is 4.79 Å². The maximum absolute atomic E-state index is 12.5. The number of ether oxygens (including phenoxy) is 1. The van der Waals surface area contributed by atoms with Gasteiger partial charge in [-0.05, 0) is 12.3 Å². The van der Waals surface area contributed by atoms with Crippen LogP contribution in [0, 0.1) is 11.3 Å². The molecule has 2 aliphatic rings. The molecule has 0 radical (unpaired) electrons. The summed E-state index contributed by atoms with van der Waals surface area (Å²) in [6.45, 7) is 7.42. The summed E-state index contributed by atoms with van der Waals surface area (Å²) >= 11 is 0. The highest BCUT2D eigenvalue weighted by molar-refractivity contribution is 5.86. The lowest BCUT2D eigenvalue weighted by Crippen LogP contribution is -2.56. The number of carbonyl (C=O) groups is 2. The van der Waals surface area contributed by atoms with Gasteiger partial charge in [0.1, 0.15) is 6.04 Å². The number of hydrogen-bond donors (Lipinski definition) is 2. The van der Waals surface area contributed by atoms with Crippen molar-refractivity contribution < 1.29 is 14.3 Å². The Hall–Kier alpha value is -1.30. The number of hydrogen-bond acceptors (Lipinski definition) is 4. The Kier molecular flexibility index (Phi) is 3.99. The Morgan fingerprint density at radius 3 is 2.47 bits per heavy atom. The van der Waals surface area contributed by atoms with E-state index in [4.69, 9.17) is 0 Å². The number of nitrogens with one attached hydrogen (secondary N) is 2. The minimum atomic E-state index is -0.550. The van der Waals surface area contributed by atoms with E-state index in [1.165, 1.54) is 7.11 Å². The van der Waals surface area contributed by atoms with E-state index < -0.39 is 12.1 Å². The van der Waals surface area contributed by atoms with E-state index in [-0.39, 0.29) is 17.2 Å². The Bertz CT molecular complexity index is 366. The Balaban J connectivity index is 1.97. The van der Waals surface area contributed by atoms with Crippen LogP contribution < -0.4 is 10.6 Å². The molecule has 108 valence electrons. The molecule has 2 N–H and O–H groups in total. The fraction of sp³-hybridized carbons (Fsp3) is 0.846. The largest absolute Gasteiger partial charge is 0.453 e. The van der Waals surface area contributed by atoms with E-state index >= 15 is 0 Å². The van der Waals surface area contributed by atoms with Crippen LogP contribution in [-0.2, 0) is 9.53 Å². The van der Waals surface area contributed by atoms with Crippen LogP contribution in [0.4, 0.5) is 4.79 Å². The molecular formula is C13H23N3O3. The number of alkyl carbamates (subject to hydrolysis) is 1. The van der Waals surface area contributed by atoms with Crippen LogP contribution in [0.3, 0.4) is 0 Å². The van der Waals surface area contributed by atoms with Crippen molar-refractivity contribution in [3.05, 3.63) is 0 Å². The SMILES string of the molecule is COC(=O)N[C@H](C(=O)N1CCC2(CNC2)C1)C(C)C. The van der Waals surface area contributed by atoms with E-state index in [1.807, 2.05) is 18.7 Å². The van der Waals surface area contributed by atoms with Crippen LogP contribution in [0.2, 0.25) is 0 Å². The van der Waals surface area contributed by atoms with E-state index in [0.29, 0.717) is 0 Å². The maximum Gasteiger partial charge on any atom is 0.407 e. The predicted octanol–water partition coefficient (Wildman–Crippen LogP) is 0.189. The van der Waals surface area contributed by atoms with Gasteiger partial charge in [-0.1, -0.05) is 13.8 Å². The monoisotopic (exact) mass is 269 g/mol. The molecule has 0 unspecified atom stereocenters. The van der Waals surface area contributed by atoms with Crippen LogP contribution in [0.25, 0.3) is 0 Å². The average molecular weight is 269 g/mol. The zero-order valence-electron chi connectivity index (χ0n) is 11.9. The molecule has 6 heteroatoms. The zero-order valence-corrected chi connectivity index (χ0v) is 11.9. The maximum atomic E-state index is 12.5. The summed E-state index contributed by atoms with van der Waals surface area (Å²) in [7, 11) is 1.31. The molecule has 0 saturated carbocycles. The van der Waals surface area contributed by atoms with Gasteiger partial charge in [0.2, 0.25) is 5.91 Å². The summed E-state index contributed by atoms with van der Waals surface area (Å²) in [4.78, 5) is 25.7. The van der Waals surface area contributed by atoms with Crippen molar-refractivity contribution >= 4 is 12.0 Å². The highest BCUT2D eigenvalue weighted by atomic mass is 16.5. The molecule has 0 aromatic heterocycles.